The number of halogens is 2. The van der Waals surface area contributed by atoms with E-state index in [0.717, 1.165) is 43.2 Å². The van der Waals surface area contributed by atoms with Crippen molar-refractivity contribution in [2.45, 2.75) is 57.7 Å². The van der Waals surface area contributed by atoms with Crippen LogP contribution in [0.25, 0.3) is 28.0 Å². The summed E-state index contributed by atoms with van der Waals surface area (Å²) in [7, 11) is 0. The number of guanidine groups is 1. The van der Waals surface area contributed by atoms with Crippen LogP contribution in [0.1, 0.15) is 43.7 Å². The van der Waals surface area contributed by atoms with Crippen LogP contribution in [0, 0.1) is 11.2 Å². The Labute approximate surface area is 249 Å². The highest BCUT2D eigenvalue weighted by molar-refractivity contribution is 6.31. The van der Waals surface area contributed by atoms with Crippen molar-refractivity contribution in [3.8, 4) is 16.9 Å². The summed E-state index contributed by atoms with van der Waals surface area (Å²) in [6.07, 6.45) is 5.84. The number of aromatic amines is 1. The zero-order valence-electron chi connectivity index (χ0n) is 23.7. The van der Waals surface area contributed by atoms with E-state index < -0.39 is 11.5 Å². The van der Waals surface area contributed by atoms with Crippen LogP contribution in [-0.2, 0) is 13.0 Å². The Kier molecular flexibility index (Phi) is 10.7. The molecular weight excluding hydrogens is 557 g/mol. The highest BCUT2D eigenvalue weighted by Crippen LogP contribution is 2.31. The average Bonchev–Trinajstić information content (AvgIpc) is 3.38. The summed E-state index contributed by atoms with van der Waals surface area (Å²) in [6.45, 7) is 3.77. The third-order valence-electron chi connectivity index (χ3n) is 7.31. The second-order valence-electron chi connectivity index (χ2n) is 10.5. The highest BCUT2D eigenvalue weighted by atomic mass is 35.5. The molecule has 0 amide bonds. The maximum Gasteiger partial charge on any atom is 0.354 e. The first kappa shape index (κ1) is 31.2. The number of H-pyrrole nitrogens is 1. The van der Waals surface area contributed by atoms with Crippen molar-refractivity contribution in [3.05, 3.63) is 81.1 Å². The van der Waals surface area contributed by atoms with E-state index in [1.807, 2.05) is 24.3 Å². The SMILES string of the molecule is CC[C@H](N)CCCc1cc(Cl)c(F)c(-c2cc3cn(-c4ccc(CNCC[C@H](CN)NC(=N)N)cc4)c(=O)nc3[nH]2)c1. The van der Waals surface area contributed by atoms with Gasteiger partial charge < -0.3 is 32.8 Å². The fourth-order valence-electron chi connectivity index (χ4n) is 4.83. The van der Waals surface area contributed by atoms with Crippen LogP contribution < -0.4 is 33.5 Å². The number of hydrogen-bond donors (Lipinski definition) is 7. The Morgan fingerprint density at radius 3 is 2.64 bits per heavy atom. The van der Waals surface area contributed by atoms with Crippen molar-refractivity contribution in [2.24, 2.45) is 17.2 Å². The Morgan fingerprint density at radius 2 is 1.95 bits per heavy atom. The lowest BCUT2D eigenvalue weighted by Crippen LogP contribution is -2.44. The molecule has 0 spiro atoms. The smallest absolute Gasteiger partial charge is 0.354 e. The van der Waals surface area contributed by atoms with Gasteiger partial charge in [0.25, 0.3) is 0 Å². The molecule has 10 nitrogen and oxygen atoms in total. The van der Waals surface area contributed by atoms with Gasteiger partial charge in [-0.15, -0.1) is 0 Å². The molecule has 2 heterocycles. The molecule has 10 N–H and O–H groups in total. The number of nitrogens with two attached hydrogens (primary N) is 3. The van der Waals surface area contributed by atoms with Crippen LogP contribution >= 0.6 is 11.6 Å². The molecule has 0 saturated heterocycles. The number of rotatable bonds is 14. The van der Waals surface area contributed by atoms with E-state index in [-0.39, 0.29) is 23.1 Å². The van der Waals surface area contributed by atoms with E-state index in [2.05, 4.69) is 27.5 Å². The molecule has 0 aliphatic carbocycles. The van der Waals surface area contributed by atoms with Gasteiger partial charge >= 0.3 is 5.69 Å². The van der Waals surface area contributed by atoms with E-state index in [0.29, 0.717) is 47.6 Å². The number of aromatic nitrogens is 3. The fourth-order valence-corrected chi connectivity index (χ4v) is 5.08. The molecule has 0 aliphatic rings. The van der Waals surface area contributed by atoms with Crippen LogP contribution in [0.15, 0.2) is 53.5 Å². The van der Waals surface area contributed by atoms with E-state index in [4.69, 9.17) is 34.2 Å². The van der Waals surface area contributed by atoms with Gasteiger partial charge in [-0.05, 0) is 80.1 Å². The summed E-state index contributed by atoms with van der Waals surface area (Å²) in [4.78, 5) is 20.2. The van der Waals surface area contributed by atoms with Gasteiger partial charge in [-0.1, -0.05) is 30.7 Å². The van der Waals surface area contributed by atoms with Gasteiger partial charge in [-0.2, -0.15) is 4.98 Å². The number of benzene rings is 2. The molecule has 0 fully saturated rings. The van der Waals surface area contributed by atoms with Crippen molar-refractivity contribution >= 4 is 28.6 Å². The van der Waals surface area contributed by atoms with Crippen molar-refractivity contribution in [1.29, 1.82) is 5.41 Å². The first-order valence-electron chi connectivity index (χ1n) is 14.2. The Morgan fingerprint density at radius 1 is 1.19 bits per heavy atom. The van der Waals surface area contributed by atoms with E-state index in [1.54, 1.807) is 24.4 Å². The number of hydrogen-bond acceptors (Lipinski definition) is 6. The lowest BCUT2D eigenvalue weighted by Gasteiger charge is -2.16. The van der Waals surface area contributed by atoms with Gasteiger partial charge in [0.1, 0.15) is 5.65 Å². The molecule has 224 valence electrons. The number of fused-ring (bicyclic) bond motifs is 1. The summed E-state index contributed by atoms with van der Waals surface area (Å²) in [5.74, 6) is -0.616. The maximum atomic E-state index is 15.1. The minimum atomic E-state index is -0.523. The molecule has 4 rings (SSSR count). The Balaban J connectivity index is 1.47. The van der Waals surface area contributed by atoms with Crippen molar-refractivity contribution in [3.63, 3.8) is 0 Å². The van der Waals surface area contributed by atoms with Gasteiger partial charge in [0, 0.05) is 42.3 Å². The van der Waals surface area contributed by atoms with Gasteiger partial charge in [-0.3, -0.25) is 9.98 Å². The monoisotopic (exact) mass is 595 g/mol. The first-order valence-corrected chi connectivity index (χ1v) is 14.5. The minimum absolute atomic E-state index is 0.0509. The zero-order chi connectivity index (χ0) is 30.2. The average molecular weight is 596 g/mol. The van der Waals surface area contributed by atoms with Gasteiger partial charge in [0.15, 0.2) is 11.8 Å². The number of aryl methyl sites for hydroxylation is 1. The summed E-state index contributed by atoms with van der Waals surface area (Å²) in [6, 6.07) is 12.9. The highest BCUT2D eigenvalue weighted by Gasteiger charge is 2.16. The van der Waals surface area contributed by atoms with E-state index in [1.165, 1.54) is 4.57 Å². The maximum absolute atomic E-state index is 15.1. The van der Waals surface area contributed by atoms with Crippen LogP contribution in [0.2, 0.25) is 5.02 Å². The van der Waals surface area contributed by atoms with E-state index >= 15 is 4.39 Å². The molecule has 0 bridgehead atoms. The Hall–Kier alpha value is -3.77. The minimum Gasteiger partial charge on any atom is -0.370 e. The van der Waals surface area contributed by atoms with Gasteiger partial charge in [0.2, 0.25) is 0 Å². The number of nitrogens with one attached hydrogen (secondary N) is 4. The predicted molar refractivity (Wildman–Crippen MR) is 168 cm³/mol. The Bertz CT molecular complexity index is 1570. The molecule has 0 saturated carbocycles. The molecule has 4 aromatic rings. The summed E-state index contributed by atoms with van der Waals surface area (Å²) in [5, 5.41) is 14.2. The van der Waals surface area contributed by atoms with Crippen molar-refractivity contribution in [1.82, 2.24) is 25.2 Å². The topological polar surface area (TPSA) is 177 Å². The molecule has 42 heavy (non-hydrogen) atoms. The van der Waals surface area contributed by atoms with Crippen molar-refractivity contribution in [2.75, 3.05) is 13.1 Å². The largest absolute Gasteiger partial charge is 0.370 e. The van der Waals surface area contributed by atoms with E-state index in [9.17, 15) is 4.79 Å². The van der Waals surface area contributed by atoms with Gasteiger partial charge in [0.05, 0.1) is 16.4 Å². The van der Waals surface area contributed by atoms with Crippen LogP contribution in [0.4, 0.5) is 4.39 Å². The van der Waals surface area contributed by atoms with Crippen LogP contribution in [0.5, 0.6) is 0 Å². The fraction of sp³-hybridized carbons (Fsp3) is 0.367. The second kappa shape index (κ2) is 14.4. The second-order valence-corrected chi connectivity index (χ2v) is 10.9. The lowest BCUT2D eigenvalue weighted by atomic mass is 10.0. The third-order valence-corrected chi connectivity index (χ3v) is 7.58. The number of nitrogens with zero attached hydrogens (tertiary/aromatic N) is 2. The quantitative estimate of drug-likeness (QED) is 0.0662. The summed E-state index contributed by atoms with van der Waals surface area (Å²) in [5.41, 5.74) is 20.5. The molecule has 12 heteroatoms. The summed E-state index contributed by atoms with van der Waals surface area (Å²) < 4.78 is 16.6. The standard InChI is InChI=1S/C30H39ClFN9O/c1-2-21(34)5-3-4-19-12-24(27(32)25(31)13-19)26-14-20-17-41(30(42)40-28(20)39-26)23-8-6-18(7-9-23)16-37-11-10-22(15-33)38-29(35)36/h6-9,12-14,17,21-22,37H,2-5,10-11,15-16,33-34H2,1H3,(H4,35,36,38)(H,39,40,42)/t21-,22+/m0/s1. The molecule has 0 aliphatic heterocycles. The molecule has 2 atom stereocenters. The molecule has 0 unspecified atom stereocenters. The molecule has 2 aromatic carbocycles. The first-order chi connectivity index (χ1) is 20.2. The normalized spacial score (nSPS) is 12.9. The van der Waals surface area contributed by atoms with Gasteiger partial charge in [-0.25, -0.2) is 9.18 Å². The predicted octanol–water partition coefficient (Wildman–Crippen LogP) is 3.52. The molecule has 0 radical (unpaired) electrons. The molecular formula is C30H39ClFN9O. The summed E-state index contributed by atoms with van der Waals surface area (Å²) >= 11 is 6.25. The molecule has 2 aromatic heterocycles. The zero-order valence-corrected chi connectivity index (χ0v) is 24.5. The third kappa shape index (κ3) is 7.95. The van der Waals surface area contributed by atoms with Crippen LogP contribution in [0.3, 0.4) is 0 Å². The van der Waals surface area contributed by atoms with Crippen molar-refractivity contribution < 1.29 is 4.39 Å². The lowest BCUT2D eigenvalue weighted by molar-refractivity contribution is 0.529. The van der Waals surface area contributed by atoms with Crippen LogP contribution in [-0.4, -0.2) is 45.7 Å².